The maximum Gasteiger partial charge on any atom is 0.265 e. The normalized spacial score (nSPS) is 13.3. The van der Waals surface area contributed by atoms with E-state index in [9.17, 15) is 4.79 Å². The van der Waals surface area contributed by atoms with Gasteiger partial charge in [0.25, 0.3) is 5.91 Å². The second-order valence-corrected chi connectivity index (χ2v) is 5.00. The number of hydrogen-bond donors (Lipinski definition) is 1. The number of methoxy groups -OCH3 is 1. The Morgan fingerprint density at radius 3 is 2.74 bits per heavy atom. The van der Waals surface area contributed by atoms with E-state index in [0.717, 1.165) is 0 Å². The third-order valence-electron chi connectivity index (χ3n) is 3.36. The monoisotopic (exact) mass is 315 g/mol. The van der Waals surface area contributed by atoms with Gasteiger partial charge in [-0.1, -0.05) is 6.07 Å². The largest absolute Gasteiger partial charge is 0.497 e. The molecule has 1 aliphatic heterocycles. The fourth-order valence-corrected chi connectivity index (χ4v) is 2.15. The lowest BCUT2D eigenvalue weighted by Crippen LogP contribution is -2.30. The summed E-state index contributed by atoms with van der Waals surface area (Å²) in [6.07, 6.45) is -0.660. The number of carbonyl (C=O) groups is 1. The van der Waals surface area contributed by atoms with Gasteiger partial charge < -0.3 is 24.3 Å². The van der Waals surface area contributed by atoms with Crippen molar-refractivity contribution >= 4 is 11.6 Å². The minimum Gasteiger partial charge on any atom is -0.497 e. The zero-order chi connectivity index (χ0) is 16.2. The molecule has 0 aromatic heterocycles. The Labute approximate surface area is 133 Å². The summed E-state index contributed by atoms with van der Waals surface area (Å²) < 4.78 is 21.3. The highest BCUT2D eigenvalue weighted by Gasteiger charge is 2.18. The van der Waals surface area contributed by atoms with E-state index in [-0.39, 0.29) is 12.7 Å². The molecule has 0 radical (unpaired) electrons. The van der Waals surface area contributed by atoms with E-state index in [1.165, 1.54) is 0 Å². The summed E-state index contributed by atoms with van der Waals surface area (Å²) in [5.74, 6) is 2.27. The number of benzene rings is 2. The molecule has 1 N–H and O–H groups in total. The zero-order valence-corrected chi connectivity index (χ0v) is 12.9. The molecule has 1 atom stereocenters. The molecule has 1 aliphatic rings. The fourth-order valence-electron chi connectivity index (χ4n) is 2.15. The Balaban J connectivity index is 1.63. The van der Waals surface area contributed by atoms with Crippen molar-refractivity contribution in [3.05, 3.63) is 42.5 Å². The molecule has 23 heavy (non-hydrogen) atoms. The van der Waals surface area contributed by atoms with E-state index < -0.39 is 6.10 Å². The molecule has 1 amide bonds. The van der Waals surface area contributed by atoms with Crippen LogP contribution in [0.5, 0.6) is 23.0 Å². The lowest BCUT2D eigenvalue weighted by atomic mass is 10.2. The summed E-state index contributed by atoms with van der Waals surface area (Å²) in [5, 5.41) is 2.79. The molecule has 0 spiro atoms. The van der Waals surface area contributed by atoms with E-state index in [1.54, 1.807) is 50.4 Å². The maximum atomic E-state index is 12.2. The van der Waals surface area contributed by atoms with Crippen molar-refractivity contribution in [1.82, 2.24) is 0 Å². The van der Waals surface area contributed by atoms with Crippen LogP contribution in [0.4, 0.5) is 5.69 Å². The molecule has 0 aliphatic carbocycles. The standard InChI is InChI=1S/C17H17NO5/c1-11(23-14-5-3-4-13(9-14)20-2)17(19)18-12-6-7-15-16(8-12)22-10-21-15/h3-9,11H,10H2,1-2H3,(H,18,19)/t11-/m1/s1. The van der Waals surface area contributed by atoms with Crippen LogP contribution in [0, 0.1) is 0 Å². The Bertz CT molecular complexity index is 716. The molecule has 2 aromatic carbocycles. The molecule has 1 heterocycles. The highest BCUT2D eigenvalue weighted by Crippen LogP contribution is 2.34. The molecule has 0 unspecified atom stereocenters. The average Bonchev–Trinajstić information content (AvgIpc) is 3.02. The number of anilines is 1. The van der Waals surface area contributed by atoms with Gasteiger partial charge in [-0.05, 0) is 31.2 Å². The van der Waals surface area contributed by atoms with Crippen molar-refractivity contribution in [2.75, 3.05) is 19.2 Å². The van der Waals surface area contributed by atoms with E-state index in [0.29, 0.717) is 28.7 Å². The van der Waals surface area contributed by atoms with Gasteiger partial charge in [0.1, 0.15) is 11.5 Å². The molecule has 120 valence electrons. The second-order valence-electron chi connectivity index (χ2n) is 5.00. The van der Waals surface area contributed by atoms with Crippen LogP contribution < -0.4 is 24.3 Å². The Morgan fingerprint density at radius 1 is 1.13 bits per heavy atom. The maximum absolute atomic E-state index is 12.2. The molecule has 3 rings (SSSR count). The topological polar surface area (TPSA) is 66.0 Å². The zero-order valence-electron chi connectivity index (χ0n) is 12.9. The van der Waals surface area contributed by atoms with Crippen LogP contribution >= 0.6 is 0 Å². The van der Waals surface area contributed by atoms with Gasteiger partial charge in [0.15, 0.2) is 17.6 Å². The predicted octanol–water partition coefficient (Wildman–Crippen LogP) is 2.83. The first kappa shape index (κ1) is 15.0. The first-order valence-electron chi connectivity index (χ1n) is 7.17. The molecular formula is C17H17NO5. The third-order valence-corrected chi connectivity index (χ3v) is 3.36. The van der Waals surface area contributed by atoms with Crippen LogP contribution in [-0.4, -0.2) is 25.9 Å². The van der Waals surface area contributed by atoms with Crippen LogP contribution in [-0.2, 0) is 4.79 Å². The molecule has 6 nitrogen and oxygen atoms in total. The molecule has 0 saturated heterocycles. The van der Waals surface area contributed by atoms with Crippen molar-refractivity contribution in [1.29, 1.82) is 0 Å². The van der Waals surface area contributed by atoms with Gasteiger partial charge in [0.2, 0.25) is 6.79 Å². The fraction of sp³-hybridized carbons (Fsp3) is 0.235. The number of fused-ring (bicyclic) bond motifs is 1. The predicted molar refractivity (Wildman–Crippen MR) is 84.3 cm³/mol. The first-order chi connectivity index (χ1) is 11.2. The minimum atomic E-state index is -0.660. The van der Waals surface area contributed by atoms with Crippen LogP contribution in [0.15, 0.2) is 42.5 Å². The number of carbonyl (C=O) groups excluding carboxylic acids is 1. The lowest BCUT2D eigenvalue weighted by Gasteiger charge is -2.15. The summed E-state index contributed by atoms with van der Waals surface area (Å²) >= 11 is 0. The second kappa shape index (κ2) is 6.48. The van der Waals surface area contributed by atoms with Gasteiger partial charge in [0, 0.05) is 17.8 Å². The number of nitrogens with one attached hydrogen (secondary N) is 1. The number of hydrogen-bond acceptors (Lipinski definition) is 5. The van der Waals surface area contributed by atoms with Crippen molar-refractivity contribution in [3.8, 4) is 23.0 Å². The lowest BCUT2D eigenvalue weighted by molar-refractivity contribution is -0.122. The number of amides is 1. The van der Waals surface area contributed by atoms with Crippen LogP contribution in [0.3, 0.4) is 0 Å². The smallest absolute Gasteiger partial charge is 0.265 e. The Morgan fingerprint density at radius 2 is 1.91 bits per heavy atom. The van der Waals surface area contributed by atoms with Crippen LogP contribution in [0.25, 0.3) is 0 Å². The Kier molecular flexibility index (Phi) is 4.23. The van der Waals surface area contributed by atoms with Crippen LogP contribution in [0.2, 0.25) is 0 Å². The summed E-state index contributed by atoms with van der Waals surface area (Å²) in [7, 11) is 1.58. The van der Waals surface area contributed by atoms with Gasteiger partial charge in [0.05, 0.1) is 7.11 Å². The van der Waals surface area contributed by atoms with Gasteiger partial charge in [-0.2, -0.15) is 0 Å². The highest BCUT2D eigenvalue weighted by molar-refractivity contribution is 5.94. The first-order valence-corrected chi connectivity index (χ1v) is 7.17. The quantitative estimate of drug-likeness (QED) is 0.919. The highest BCUT2D eigenvalue weighted by atomic mass is 16.7. The van der Waals surface area contributed by atoms with Crippen molar-refractivity contribution in [2.45, 2.75) is 13.0 Å². The molecule has 0 saturated carbocycles. The molecule has 6 heteroatoms. The van der Waals surface area contributed by atoms with Gasteiger partial charge >= 0.3 is 0 Å². The van der Waals surface area contributed by atoms with Gasteiger partial charge in [-0.3, -0.25) is 4.79 Å². The summed E-state index contributed by atoms with van der Waals surface area (Å²) in [6, 6.07) is 12.3. The molecular weight excluding hydrogens is 298 g/mol. The van der Waals surface area contributed by atoms with Crippen LogP contribution in [0.1, 0.15) is 6.92 Å². The van der Waals surface area contributed by atoms with E-state index >= 15 is 0 Å². The third kappa shape index (κ3) is 3.48. The van der Waals surface area contributed by atoms with Gasteiger partial charge in [-0.25, -0.2) is 0 Å². The van der Waals surface area contributed by atoms with Crippen molar-refractivity contribution < 1.29 is 23.7 Å². The number of ether oxygens (including phenoxy) is 4. The molecule has 0 fully saturated rings. The summed E-state index contributed by atoms with van der Waals surface area (Å²) in [5.41, 5.74) is 0.625. The average molecular weight is 315 g/mol. The number of rotatable bonds is 5. The van der Waals surface area contributed by atoms with Gasteiger partial charge in [-0.15, -0.1) is 0 Å². The molecule has 0 bridgehead atoms. The van der Waals surface area contributed by atoms with Crippen molar-refractivity contribution in [3.63, 3.8) is 0 Å². The molecule has 2 aromatic rings. The summed E-state index contributed by atoms with van der Waals surface area (Å²) in [6.45, 7) is 1.88. The van der Waals surface area contributed by atoms with E-state index in [4.69, 9.17) is 18.9 Å². The van der Waals surface area contributed by atoms with E-state index in [1.807, 2.05) is 6.07 Å². The minimum absolute atomic E-state index is 0.197. The van der Waals surface area contributed by atoms with E-state index in [2.05, 4.69) is 5.32 Å². The summed E-state index contributed by atoms with van der Waals surface area (Å²) in [4.78, 5) is 12.2. The SMILES string of the molecule is COc1cccc(O[C@H](C)C(=O)Nc2ccc3c(c2)OCO3)c1. The Hall–Kier alpha value is -2.89. The van der Waals surface area contributed by atoms with Crippen molar-refractivity contribution in [2.24, 2.45) is 0 Å².